The van der Waals surface area contributed by atoms with Crippen molar-refractivity contribution in [1.82, 2.24) is 10.2 Å². The second-order valence-corrected chi connectivity index (χ2v) is 5.51. The van der Waals surface area contributed by atoms with Crippen LogP contribution in [0.1, 0.15) is 16.8 Å². The lowest BCUT2D eigenvalue weighted by Gasteiger charge is -2.26. The highest BCUT2D eigenvalue weighted by atomic mass is 16.5. The second-order valence-electron chi connectivity index (χ2n) is 5.51. The first-order chi connectivity index (χ1) is 10.2. The van der Waals surface area contributed by atoms with Crippen LogP contribution in [0.25, 0.3) is 0 Å². The van der Waals surface area contributed by atoms with Gasteiger partial charge in [0.25, 0.3) is 5.91 Å². The summed E-state index contributed by atoms with van der Waals surface area (Å²) in [6.45, 7) is 5.37. The van der Waals surface area contributed by atoms with E-state index in [9.17, 15) is 4.79 Å². The number of carbonyl (C=O) groups excluding carboxylic acids is 1. The highest BCUT2D eigenvalue weighted by Gasteiger charge is 2.10. The fourth-order valence-corrected chi connectivity index (χ4v) is 2.36. The molecule has 1 fully saturated rings. The van der Waals surface area contributed by atoms with Crippen LogP contribution in [0.3, 0.4) is 0 Å². The molecule has 0 spiro atoms. The van der Waals surface area contributed by atoms with E-state index in [1.165, 1.54) is 0 Å². The predicted molar refractivity (Wildman–Crippen MR) is 85.0 cm³/mol. The van der Waals surface area contributed by atoms with Gasteiger partial charge in [0.2, 0.25) is 0 Å². The molecule has 0 aromatic heterocycles. The summed E-state index contributed by atoms with van der Waals surface area (Å²) in [5.41, 5.74) is 1.75. The zero-order valence-electron chi connectivity index (χ0n) is 13.0. The van der Waals surface area contributed by atoms with Gasteiger partial charge in [-0.2, -0.15) is 0 Å². The van der Waals surface area contributed by atoms with Gasteiger partial charge in [-0.25, -0.2) is 0 Å². The minimum absolute atomic E-state index is 0.000627. The highest BCUT2D eigenvalue weighted by Crippen LogP contribution is 2.13. The molecule has 0 saturated carbocycles. The Hall–Kier alpha value is -1.59. The number of benzene rings is 1. The topological polar surface area (TPSA) is 44.8 Å². The van der Waals surface area contributed by atoms with Crippen molar-refractivity contribution in [3.63, 3.8) is 0 Å². The third-order valence-corrected chi connectivity index (χ3v) is 3.67. The summed E-state index contributed by atoms with van der Waals surface area (Å²) in [5.74, 6) is 0.000627. The molecule has 0 unspecified atom stereocenters. The zero-order chi connectivity index (χ0) is 15.1. The molecule has 1 amide bonds. The van der Waals surface area contributed by atoms with Crippen LogP contribution in [0.5, 0.6) is 0 Å². The maximum atomic E-state index is 12.1. The molecule has 1 heterocycles. The molecular weight excluding hydrogens is 266 g/mol. The largest absolute Gasteiger partial charge is 0.379 e. The van der Waals surface area contributed by atoms with Gasteiger partial charge in [-0.1, -0.05) is 6.07 Å². The number of nitrogens with one attached hydrogen (secondary N) is 1. The minimum Gasteiger partial charge on any atom is -0.379 e. The van der Waals surface area contributed by atoms with Gasteiger partial charge in [-0.05, 0) is 31.2 Å². The van der Waals surface area contributed by atoms with Crippen molar-refractivity contribution in [2.45, 2.75) is 6.42 Å². The predicted octanol–water partition coefficient (Wildman–Crippen LogP) is 1.20. The first-order valence-electron chi connectivity index (χ1n) is 7.52. The fourth-order valence-electron chi connectivity index (χ4n) is 2.36. The molecule has 1 saturated heterocycles. The normalized spacial score (nSPS) is 15.7. The number of rotatable bonds is 6. The molecule has 21 heavy (non-hydrogen) atoms. The number of anilines is 1. The quantitative estimate of drug-likeness (QED) is 0.800. The third kappa shape index (κ3) is 5.02. The maximum Gasteiger partial charge on any atom is 0.251 e. The average molecular weight is 291 g/mol. The van der Waals surface area contributed by atoms with E-state index in [2.05, 4.69) is 10.2 Å². The number of carbonyl (C=O) groups is 1. The van der Waals surface area contributed by atoms with E-state index >= 15 is 0 Å². The van der Waals surface area contributed by atoms with Crippen molar-refractivity contribution in [1.29, 1.82) is 0 Å². The van der Waals surface area contributed by atoms with Gasteiger partial charge in [0, 0.05) is 45.0 Å². The Bertz CT molecular complexity index is 457. The molecule has 0 aliphatic carbocycles. The molecular formula is C16H25N3O2. The van der Waals surface area contributed by atoms with E-state index in [-0.39, 0.29) is 5.91 Å². The lowest BCUT2D eigenvalue weighted by molar-refractivity contribution is 0.0374. The SMILES string of the molecule is CN(C)c1cccc(C(=O)NCCCN2CCOCC2)c1. The number of amides is 1. The van der Waals surface area contributed by atoms with Crippen molar-refractivity contribution >= 4 is 11.6 Å². The van der Waals surface area contributed by atoms with Gasteiger partial charge < -0.3 is 15.0 Å². The molecule has 1 aliphatic rings. The molecule has 1 aromatic rings. The fraction of sp³-hybridized carbons (Fsp3) is 0.562. The van der Waals surface area contributed by atoms with E-state index in [0.717, 1.165) is 45.0 Å². The highest BCUT2D eigenvalue weighted by molar-refractivity contribution is 5.95. The van der Waals surface area contributed by atoms with Crippen LogP contribution >= 0.6 is 0 Å². The Morgan fingerprint density at radius 2 is 2.10 bits per heavy atom. The minimum atomic E-state index is 0.000627. The van der Waals surface area contributed by atoms with Crippen molar-refractivity contribution < 1.29 is 9.53 Å². The van der Waals surface area contributed by atoms with Crippen LogP contribution in [0.15, 0.2) is 24.3 Å². The number of hydrogen-bond acceptors (Lipinski definition) is 4. The number of nitrogens with zero attached hydrogens (tertiary/aromatic N) is 2. The number of hydrogen-bond donors (Lipinski definition) is 1. The Balaban J connectivity index is 1.72. The molecule has 0 radical (unpaired) electrons. The first-order valence-corrected chi connectivity index (χ1v) is 7.52. The van der Waals surface area contributed by atoms with Gasteiger partial charge >= 0.3 is 0 Å². The summed E-state index contributed by atoms with van der Waals surface area (Å²) in [6, 6.07) is 7.68. The van der Waals surface area contributed by atoms with Crippen LogP contribution in [-0.4, -0.2) is 64.3 Å². The van der Waals surface area contributed by atoms with Crippen LogP contribution in [0.4, 0.5) is 5.69 Å². The third-order valence-electron chi connectivity index (χ3n) is 3.67. The van der Waals surface area contributed by atoms with Gasteiger partial charge in [0.1, 0.15) is 0 Å². The molecule has 2 rings (SSSR count). The molecule has 1 N–H and O–H groups in total. The molecule has 1 aliphatic heterocycles. The maximum absolute atomic E-state index is 12.1. The molecule has 1 aromatic carbocycles. The van der Waals surface area contributed by atoms with E-state index in [1.54, 1.807) is 0 Å². The summed E-state index contributed by atoms with van der Waals surface area (Å²) >= 11 is 0. The summed E-state index contributed by atoms with van der Waals surface area (Å²) in [4.78, 5) is 16.5. The Labute approximate surface area is 126 Å². The van der Waals surface area contributed by atoms with Crippen molar-refractivity contribution in [3.05, 3.63) is 29.8 Å². The number of ether oxygens (including phenoxy) is 1. The van der Waals surface area contributed by atoms with E-state index in [0.29, 0.717) is 12.1 Å². The standard InChI is InChI=1S/C16H25N3O2/c1-18(2)15-6-3-5-14(13-15)16(20)17-7-4-8-19-9-11-21-12-10-19/h3,5-6,13H,4,7-12H2,1-2H3,(H,17,20). The van der Waals surface area contributed by atoms with Crippen LogP contribution in [0.2, 0.25) is 0 Å². The zero-order valence-corrected chi connectivity index (χ0v) is 13.0. The Kier molecular flexibility index (Phi) is 6.02. The smallest absolute Gasteiger partial charge is 0.251 e. The van der Waals surface area contributed by atoms with Gasteiger partial charge in [0.05, 0.1) is 13.2 Å². The lowest BCUT2D eigenvalue weighted by atomic mass is 10.2. The van der Waals surface area contributed by atoms with E-state index < -0.39 is 0 Å². The molecule has 0 bridgehead atoms. The number of morpholine rings is 1. The second kappa shape index (κ2) is 8.00. The van der Waals surface area contributed by atoms with Crippen molar-refractivity contribution in [3.8, 4) is 0 Å². The van der Waals surface area contributed by atoms with Crippen LogP contribution < -0.4 is 10.2 Å². The molecule has 0 atom stereocenters. The van der Waals surface area contributed by atoms with Gasteiger partial charge in [-0.3, -0.25) is 9.69 Å². The van der Waals surface area contributed by atoms with Gasteiger partial charge in [0.15, 0.2) is 0 Å². The molecule has 116 valence electrons. The molecule has 5 heteroatoms. The van der Waals surface area contributed by atoms with E-state index in [4.69, 9.17) is 4.74 Å². The van der Waals surface area contributed by atoms with Gasteiger partial charge in [-0.15, -0.1) is 0 Å². The monoisotopic (exact) mass is 291 g/mol. The summed E-state index contributed by atoms with van der Waals surface area (Å²) in [5, 5.41) is 2.99. The van der Waals surface area contributed by atoms with E-state index in [1.807, 2.05) is 43.3 Å². The lowest BCUT2D eigenvalue weighted by Crippen LogP contribution is -2.38. The van der Waals surface area contributed by atoms with Crippen molar-refractivity contribution in [2.75, 3.05) is 58.4 Å². The summed E-state index contributed by atoms with van der Waals surface area (Å²) < 4.78 is 5.32. The molecule has 5 nitrogen and oxygen atoms in total. The average Bonchev–Trinajstić information content (AvgIpc) is 2.52. The van der Waals surface area contributed by atoms with Crippen LogP contribution in [0, 0.1) is 0 Å². The first kappa shape index (κ1) is 15.8. The summed E-state index contributed by atoms with van der Waals surface area (Å²) in [6.07, 6.45) is 0.971. The van der Waals surface area contributed by atoms with Crippen molar-refractivity contribution in [2.24, 2.45) is 0 Å². The van der Waals surface area contributed by atoms with Crippen LogP contribution in [-0.2, 0) is 4.74 Å². The summed E-state index contributed by atoms with van der Waals surface area (Å²) in [7, 11) is 3.94. The Morgan fingerprint density at radius 1 is 1.33 bits per heavy atom. The Morgan fingerprint density at radius 3 is 2.81 bits per heavy atom.